The van der Waals surface area contributed by atoms with Crippen LogP contribution in [0.1, 0.15) is 42.6 Å². The molecular weight excluding hydrogens is 270 g/mol. The van der Waals surface area contributed by atoms with Crippen LogP contribution < -0.4 is 0 Å². The fourth-order valence-electron chi connectivity index (χ4n) is 4.12. The van der Waals surface area contributed by atoms with E-state index in [0.717, 1.165) is 13.0 Å². The highest BCUT2D eigenvalue weighted by atomic mass is 16.5. The minimum atomic E-state index is 0.215. The maximum Gasteiger partial charge on any atom is 0.115 e. The van der Waals surface area contributed by atoms with Crippen LogP contribution in [0.25, 0.3) is 0 Å². The summed E-state index contributed by atoms with van der Waals surface area (Å²) < 4.78 is 6.19. The lowest BCUT2D eigenvalue weighted by Gasteiger charge is -2.43. The monoisotopic (exact) mass is 293 g/mol. The van der Waals surface area contributed by atoms with Gasteiger partial charge in [-0.1, -0.05) is 68.4 Å². The maximum absolute atomic E-state index is 6.19. The largest absolute Gasteiger partial charge is 0.361 e. The Morgan fingerprint density at radius 3 is 2.50 bits per heavy atom. The third-order valence-electron chi connectivity index (χ3n) is 5.04. The summed E-state index contributed by atoms with van der Waals surface area (Å²) in [5, 5.41) is 0. The molecule has 1 fully saturated rings. The normalized spacial score (nSPS) is 27.7. The van der Waals surface area contributed by atoms with Crippen molar-refractivity contribution in [3.63, 3.8) is 0 Å². The van der Waals surface area contributed by atoms with Gasteiger partial charge in [-0.3, -0.25) is 4.90 Å². The third kappa shape index (κ3) is 2.18. The number of nitrogens with zero attached hydrogens (tertiary/aromatic N) is 1. The van der Waals surface area contributed by atoms with Gasteiger partial charge in [-0.05, 0) is 22.6 Å². The summed E-state index contributed by atoms with van der Waals surface area (Å²) in [6, 6.07) is 20.5. The molecule has 1 saturated heterocycles. The van der Waals surface area contributed by atoms with Crippen LogP contribution in [-0.2, 0) is 11.2 Å². The molecule has 0 spiro atoms. The summed E-state index contributed by atoms with van der Waals surface area (Å²) in [7, 11) is 0. The van der Waals surface area contributed by atoms with Crippen LogP contribution in [0.2, 0.25) is 0 Å². The number of benzene rings is 2. The lowest BCUT2D eigenvalue weighted by molar-refractivity contribution is -0.0164. The van der Waals surface area contributed by atoms with Gasteiger partial charge in [-0.15, -0.1) is 0 Å². The molecule has 0 saturated carbocycles. The second-order valence-corrected chi connectivity index (χ2v) is 6.75. The number of hydrogen-bond donors (Lipinski definition) is 0. The minimum Gasteiger partial charge on any atom is -0.361 e. The Kier molecular flexibility index (Phi) is 3.51. The molecule has 2 aromatic rings. The van der Waals surface area contributed by atoms with Crippen molar-refractivity contribution >= 4 is 0 Å². The van der Waals surface area contributed by atoms with Crippen LogP contribution in [0.15, 0.2) is 54.6 Å². The molecule has 22 heavy (non-hydrogen) atoms. The quantitative estimate of drug-likeness (QED) is 0.816. The Balaban J connectivity index is 1.78. The zero-order valence-electron chi connectivity index (χ0n) is 13.3. The van der Waals surface area contributed by atoms with Crippen LogP contribution in [0.4, 0.5) is 0 Å². The molecule has 2 aliphatic heterocycles. The molecule has 0 radical (unpaired) electrons. The average molecular weight is 293 g/mol. The summed E-state index contributed by atoms with van der Waals surface area (Å²) in [5.41, 5.74) is 4.31. The molecule has 0 N–H and O–H groups in total. The molecule has 3 atom stereocenters. The highest BCUT2D eigenvalue weighted by Crippen LogP contribution is 2.46. The van der Waals surface area contributed by atoms with E-state index in [0.29, 0.717) is 18.0 Å². The Morgan fingerprint density at radius 1 is 1.00 bits per heavy atom. The van der Waals surface area contributed by atoms with Gasteiger partial charge in [-0.25, -0.2) is 0 Å². The van der Waals surface area contributed by atoms with E-state index >= 15 is 0 Å². The topological polar surface area (TPSA) is 12.5 Å². The standard InChI is InChI=1S/C20H23NO/c1-14(2)20-17-11-7-6-10-16(17)12-19-21(20)18(13-22-19)15-8-4-3-5-9-15/h3-11,14,18-20H,12-13H2,1-2H3/t18-,19-,20-/m0/s1. The minimum absolute atomic E-state index is 0.215. The van der Waals surface area contributed by atoms with Crippen molar-refractivity contribution in [3.8, 4) is 0 Å². The Hall–Kier alpha value is -1.64. The molecule has 2 heterocycles. The van der Waals surface area contributed by atoms with E-state index < -0.39 is 0 Å². The number of ether oxygens (including phenoxy) is 1. The van der Waals surface area contributed by atoms with Gasteiger partial charge in [0.1, 0.15) is 6.23 Å². The molecule has 0 bridgehead atoms. The van der Waals surface area contributed by atoms with E-state index in [1.807, 2.05) is 0 Å². The molecule has 2 aromatic carbocycles. The zero-order chi connectivity index (χ0) is 15.1. The molecule has 0 amide bonds. The first-order chi connectivity index (χ1) is 10.8. The Labute approximate surface area is 132 Å². The summed E-state index contributed by atoms with van der Waals surface area (Å²) >= 11 is 0. The molecule has 2 nitrogen and oxygen atoms in total. The summed E-state index contributed by atoms with van der Waals surface area (Å²) in [4.78, 5) is 2.61. The first-order valence-corrected chi connectivity index (χ1v) is 8.27. The van der Waals surface area contributed by atoms with Crippen molar-refractivity contribution < 1.29 is 4.74 Å². The zero-order valence-corrected chi connectivity index (χ0v) is 13.3. The van der Waals surface area contributed by atoms with E-state index in [9.17, 15) is 0 Å². The second-order valence-electron chi connectivity index (χ2n) is 6.75. The van der Waals surface area contributed by atoms with Crippen LogP contribution in [0, 0.1) is 5.92 Å². The lowest BCUT2D eigenvalue weighted by atomic mass is 9.84. The van der Waals surface area contributed by atoms with Crippen molar-refractivity contribution in [2.45, 2.75) is 38.6 Å². The maximum atomic E-state index is 6.19. The molecule has 2 aliphatic rings. The molecular formula is C20H23NO. The lowest BCUT2D eigenvalue weighted by Crippen LogP contribution is -2.43. The predicted molar refractivity (Wildman–Crippen MR) is 88.5 cm³/mol. The van der Waals surface area contributed by atoms with Crippen molar-refractivity contribution in [1.29, 1.82) is 0 Å². The predicted octanol–water partition coefficient (Wildman–Crippen LogP) is 4.34. The Bertz CT molecular complexity index is 652. The summed E-state index contributed by atoms with van der Waals surface area (Å²) in [6.45, 7) is 5.44. The molecule has 0 unspecified atom stereocenters. The van der Waals surface area contributed by atoms with Crippen LogP contribution >= 0.6 is 0 Å². The van der Waals surface area contributed by atoms with E-state index in [-0.39, 0.29) is 6.23 Å². The molecule has 0 aromatic heterocycles. The van der Waals surface area contributed by atoms with Crippen molar-refractivity contribution in [1.82, 2.24) is 4.90 Å². The van der Waals surface area contributed by atoms with Gasteiger partial charge >= 0.3 is 0 Å². The first-order valence-electron chi connectivity index (χ1n) is 8.27. The molecule has 0 aliphatic carbocycles. The SMILES string of the molecule is CC(C)[C@H]1c2ccccc2C[C@@H]2OC[C@@H](c3ccccc3)N21. The Morgan fingerprint density at radius 2 is 1.73 bits per heavy atom. The fourth-order valence-corrected chi connectivity index (χ4v) is 4.12. The van der Waals surface area contributed by atoms with Crippen LogP contribution in [0.3, 0.4) is 0 Å². The van der Waals surface area contributed by atoms with Crippen molar-refractivity contribution in [3.05, 3.63) is 71.3 Å². The molecule has 2 heteroatoms. The highest BCUT2D eigenvalue weighted by Gasteiger charge is 2.44. The molecule has 114 valence electrons. The number of fused-ring (bicyclic) bond motifs is 2. The van der Waals surface area contributed by atoms with Crippen molar-refractivity contribution in [2.75, 3.05) is 6.61 Å². The summed E-state index contributed by atoms with van der Waals surface area (Å²) in [6.07, 6.45) is 1.22. The average Bonchev–Trinajstić information content (AvgIpc) is 2.96. The van der Waals surface area contributed by atoms with Gasteiger partial charge in [0.2, 0.25) is 0 Å². The van der Waals surface area contributed by atoms with Gasteiger partial charge in [0.25, 0.3) is 0 Å². The van der Waals surface area contributed by atoms with Gasteiger partial charge in [-0.2, -0.15) is 0 Å². The highest BCUT2D eigenvalue weighted by molar-refractivity contribution is 5.35. The van der Waals surface area contributed by atoms with E-state index in [4.69, 9.17) is 4.74 Å². The third-order valence-corrected chi connectivity index (χ3v) is 5.04. The van der Waals surface area contributed by atoms with Crippen molar-refractivity contribution in [2.24, 2.45) is 5.92 Å². The van der Waals surface area contributed by atoms with Gasteiger partial charge in [0.15, 0.2) is 0 Å². The summed E-state index contributed by atoms with van der Waals surface area (Å²) in [5.74, 6) is 0.567. The number of rotatable bonds is 2. The van der Waals surface area contributed by atoms with Crippen LogP contribution in [0.5, 0.6) is 0 Å². The smallest absolute Gasteiger partial charge is 0.115 e. The van der Waals surface area contributed by atoms with E-state index in [1.54, 1.807) is 0 Å². The fraction of sp³-hybridized carbons (Fsp3) is 0.400. The van der Waals surface area contributed by atoms with Gasteiger partial charge < -0.3 is 4.74 Å². The van der Waals surface area contributed by atoms with Crippen LogP contribution in [-0.4, -0.2) is 17.7 Å². The van der Waals surface area contributed by atoms with Gasteiger partial charge in [0, 0.05) is 12.5 Å². The second kappa shape index (κ2) is 5.53. The van der Waals surface area contributed by atoms with E-state index in [1.165, 1.54) is 16.7 Å². The molecule has 4 rings (SSSR count). The van der Waals surface area contributed by atoms with E-state index in [2.05, 4.69) is 73.3 Å². The van der Waals surface area contributed by atoms with Gasteiger partial charge in [0.05, 0.1) is 12.6 Å². The first kappa shape index (κ1) is 14.0. The number of hydrogen-bond acceptors (Lipinski definition) is 2.